The van der Waals surface area contributed by atoms with E-state index in [2.05, 4.69) is 0 Å². The number of piperidine rings is 1. The minimum atomic E-state index is -5.05. The van der Waals surface area contributed by atoms with Gasteiger partial charge in [0.05, 0.1) is 11.1 Å². The molecule has 1 saturated heterocycles. The monoisotopic (exact) mass is 493 g/mol. The molecule has 2 heterocycles. The van der Waals surface area contributed by atoms with E-state index in [1.165, 1.54) is 0 Å². The smallest absolute Gasteiger partial charge is 0.507 e. The molecule has 2 atom stereocenters. The van der Waals surface area contributed by atoms with Crippen molar-refractivity contribution < 1.29 is 33.5 Å². The molecule has 1 aliphatic rings. The summed E-state index contributed by atoms with van der Waals surface area (Å²) in [5, 5.41) is 21.7. The van der Waals surface area contributed by atoms with Gasteiger partial charge >= 0.3 is 7.82 Å². The first-order valence-electron chi connectivity index (χ1n) is 10.2. The first kappa shape index (κ1) is 23.8. The molecule has 0 amide bonds. The summed E-state index contributed by atoms with van der Waals surface area (Å²) in [5.74, 6) is -1.39. The third-order valence-electron chi connectivity index (χ3n) is 5.82. The maximum atomic E-state index is 13.2. The summed E-state index contributed by atoms with van der Waals surface area (Å²) in [4.78, 5) is 33.8. The van der Waals surface area contributed by atoms with Crippen molar-refractivity contribution >= 4 is 43.7 Å². The molecular weight excluding hydrogens is 471 g/mol. The van der Waals surface area contributed by atoms with Crippen molar-refractivity contribution in [3.05, 3.63) is 51.1 Å². The van der Waals surface area contributed by atoms with E-state index in [1.807, 2.05) is 11.9 Å². The quantitative estimate of drug-likeness (QED) is 0.313. The Morgan fingerprint density at radius 1 is 1.30 bits per heavy atom. The second-order valence-electron chi connectivity index (χ2n) is 8.22. The van der Waals surface area contributed by atoms with Gasteiger partial charge in [0.25, 0.3) is 0 Å². The molecule has 0 aliphatic carbocycles. The molecular formula is C21H22BClNO8P. The molecule has 1 aliphatic heterocycles. The fraction of sp³-hybridized carbons (Fsp3) is 0.286. The lowest BCUT2D eigenvalue weighted by Gasteiger charge is -2.34. The van der Waals surface area contributed by atoms with E-state index in [4.69, 9.17) is 20.5 Å². The first-order chi connectivity index (χ1) is 15.5. The summed E-state index contributed by atoms with van der Waals surface area (Å²) in [6.07, 6.45) is -0.416. The third kappa shape index (κ3) is 4.68. The van der Waals surface area contributed by atoms with Gasteiger partial charge in [-0.15, -0.1) is 0 Å². The van der Waals surface area contributed by atoms with Crippen LogP contribution in [0, 0.1) is 0 Å². The van der Waals surface area contributed by atoms with Gasteiger partial charge in [0.15, 0.2) is 5.43 Å². The molecule has 4 rings (SSSR count). The lowest BCUT2D eigenvalue weighted by Crippen LogP contribution is -2.40. The second-order valence-corrected chi connectivity index (χ2v) is 9.80. The highest BCUT2D eigenvalue weighted by Crippen LogP contribution is 2.47. The van der Waals surface area contributed by atoms with Gasteiger partial charge in [0, 0.05) is 35.7 Å². The van der Waals surface area contributed by atoms with E-state index < -0.39 is 36.8 Å². The summed E-state index contributed by atoms with van der Waals surface area (Å²) >= 11 is 6.36. The summed E-state index contributed by atoms with van der Waals surface area (Å²) in [6.45, 7) is 0.955. The molecule has 0 bridgehead atoms. The minimum absolute atomic E-state index is 0.117. The van der Waals surface area contributed by atoms with Crippen LogP contribution >= 0.6 is 19.4 Å². The van der Waals surface area contributed by atoms with Gasteiger partial charge in [-0.05, 0) is 26.1 Å². The molecule has 2 aromatic carbocycles. The van der Waals surface area contributed by atoms with Crippen LogP contribution in [0.15, 0.2) is 39.5 Å². The number of halogens is 1. The van der Waals surface area contributed by atoms with E-state index >= 15 is 0 Å². The average Bonchev–Trinajstić information content (AvgIpc) is 2.67. The number of phosphoric ester groups is 1. The molecule has 33 heavy (non-hydrogen) atoms. The molecule has 9 nitrogen and oxygen atoms in total. The Morgan fingerprint density at radius 3 is 2.67 bits per heavy atom. The third-order valence-corrected chi connectivity index (χ3v) is 6.57. The summed E-state index contributed by atoms with van der Waals surface area (Å²) in [7, 11) is -1.41. The van der Waals surface area contributed by atoms with Gasteiger partial charge in [-0.3, -0.25) is 14.6 Å². The lowest BCUT2D eigenvalue weighted by molar-refractivity contribution is 0.0630. The number of hydrogen-bond acceptors (Lipinski definition) is 7. The predicted octanol–water partition coefficient (Wildman–Crippen LogP) is 1.33. The minimum Gasteiger partial charge on any atom is -0.507 e. The summed E-state index contributed by atoms with van der Waals surface area (Å²) < 4.78 is 22.3. The summed E-state index contributed by atoms with van der Waals surface area (Å²) in [6, 6.07) is 7.31. The lowest BCUT2D eigenvalue weighted by atomic mass is 9.85. The van der Waals surface area contributed by atoms with Crippen LogP contribution in [0.3, 0.4) is 0 Å². The van der Waals surface area contributed by atoms with Crippen molar-refractivity contribution in [2.45, 2.75) is 18.4 Å². The topological polar surface area (TPSA) is 141 Å². The zero-order chi connectivity index (χ0) is 24.1. The number of nitrogens with zero attached hydrogens (tertiary/aromatic N) is 1. The maximum absolute atomic E-state index is 13.2. The molecule has 174 valence electrons. The predicted molar refractivity (Wildman–Crippen MR) is 126 cm³/mol. The first-order valence-corrected chi connectivity index (χ1v) is 12.1. The van der Waals surface area contributed by atoms with Crippen molar-refractivity contribution in [1.82, 2.24) is 4.90 Å². The standard InChI is InChI=1S/C21H22BClNO8P/c1-24-6-5-10(15(27)9-24)18-13(25)8-17(32-33(28,29)30)20-14(26)7-16(31-21(18)20)19-11(22)3-2-4-12(19)23/h2-4,7-8,10,15,25,27H,5-6,9,22H2,1H3,(H2,28,29,30)/t10-,15+/m0/s1. The highest BCUT2D eigenvalue weighted by Gasteiger charge is 2.34. The number of likely N-dealkylation sites (tertiary alicyclic amines) is 1. The molecule has 4 N–H and O–H groups in total. The summed E-state index contributed by atoms with van der Waals surface area (Å²) in [5.41, 5.74) is 0.616. The number of hydrogen-bond donors (Lipinski definition) is 4. The van der Waals surface area contributed by atoms with Crippen LogP contribution in [0.4, 0.5) is 0 Å². The van der Waals surface area contributed by atoms with Gasteiger partial charge in [-0.25, -0.2) is 4.57 Å². The van der Waals surface area contributed by atoms with Gasteiger partial charge in [-0.1, -0.05) is 29.2 Å². The molecule has 1 aromatic heterocycles. The van der Waals surface area contributed by atoms with Gasteiger partial charge in [0.2, 0.25) is 0 Å². The van der Waals surface area contributed by atoms with Crippen molar-refractivity contribution in [3.8, 4) is 22.8 Å². The number of phenolic OH excluding ortho intramolecular Hbond substituents is 1. The van der Waals surface area contributed by atoms with E-state index in [1.54, 1.807) is 26.0 Å². The van der Waals surface area contributed by atoms with Crippen molar-refractivity contribution in [2.75, 3.05) is 20.1 Å². The number of benzene rings is 2. The van der Waals surface area contributed by atoms with E-state index in [0.29, 0.717) is 30.1 Å². The number of phenols is 1. The number of β-amino-alcohol motifs (C(OH)–C–C–N with tert-alkyl or cyclic N) is 1. The van der Waals surface area contributed by atoms with Crippen LogP contribution in [0.5, 0.6) is 11.5 Å². The van der Waals surface area contributed by atoms with Gasteiger partial charge in [0.1, 0.15) is 36.1 Å². The number of aliphatic hydroxyl groups excluding tert-OH is 1. The molecule has 0 spiro atoms. The number of aromatic hydroxyl groups is 1. The SMILES string of the molecule is Bc1cccc(Cl)c1-c1cc(=O)c2c(OP(=O)(O)O)cc(O)c([C@H]3CCN(C)C[C@H]3O)c2o1. The van der Waals surface area contributed by atoms with E-state index in [0.717, 1.165) is 17.6 Å². The average molecular weight is 494 g/mol. The van der Waals surface area contributed by atoms with E-state index in [-0.39, 0.29) is 22.3 Å². The van der Waals surface area contributed by atoms with Crippen LogP contribution in [-0.4, -0.2) is 59.0 Å². The highest BCUT2D eigenvalue weighted by atomic mass is 35.5. The fourth-order valence-electron chi connectivity index (χ4n) is 4.36. The highest BCUT2D eigenvalue weighted by molar-refractivity contribution is 7.46. The Morgan fingerprint density at radius 2 is 2.03 bits per heavy atom. The van der Waals surface area contributed by atoms with Crippen molar-refractivity contribution in [2.24, 2.45) is 0 Å². The van der Waals surface area contributed by atoms with Crippen LogP contribution in [0.1, 0.15) is 17.9 Å². The van der Waals surface area contributed by atoms with Crippen molar-refractivity contribution in [1.29, 1.82) is 0 Å². The Hall–Kier alpha value is -2.33. The zero-order valence-corrected chi connectivity index (χ0v) is 19.5. The second kappa shape index (κ2) is 8.79. The van der Waals surface area contributed by atoms with Crippen LogP contribution in [-0.2, 0) is 4.57 Å². The Labute approximate surface area is 194 Å². The Balaban J connectivity index is 2.05. The number of fused-ring (bicyclic) bond motifs is 1. The Bertz CT molecular complexity index is 1320. The number of likely N-dealkylation sites (N-methyl/N-ethyl adjacent to an activating group) is 1. The number of rotatable bonds is 4. The molecule has 0 radical (unpaired) electrons. The molecule has 3 aromatic rings. The number of phosphoric acid groups is 1. The van der Waals surface area contributed by atoms with Crippen LogP contribution in [0.2, 0.25) is 5.02 Å². The van der Waals surface area contributed by atoms with Crippen LogP contribution < -0.4 is 15.4 Å². The Kier molecular flexibility index (Phi) is 6.35. The molecule has 12 heteroatoms. The number of aliphatic hydroxyl groups is 1. The maximum Gasteiger partial charge on any atom is 0.524 e. The van der Waals surface area contributed by atoms with Crippen molar-refractivity contribution in [3.63, 3.8) is 0 Å². The van der Waals surface area contributed by atoms with Gasteiger partial charge in [-0.2, -0.15) is 0 Å². The van der Waals surface area contributed by atoms with E-state index in [9.17, 15) is 29.4 Å². The fourth-order valence-corrected chi connectivity index (χ4v) is 5.07. The molecule has 0 unspecified atom stereocenters. The molecule has 0 saturated carbocycles. The largest absolute Gasteiger partial charge is 0.524 e. The molecule has 1 fully saturated rings. The van der Waals surface area contributed by atoms with Crippen LogP contribution in [0.25, 0.3) is 22.3 Å². The normalized spacial score (nSPS) is 19.7. The van der Waals surface area contributed by atoms with Gasteiger partial charge < -0.3 is 24.1 Å². The zero-order valence-electron chi connectivity index (χ0n) is 17.9.